The molecule has 0 aromatic heterocycles. The van der Waals surface area contributed by atoms with Crippen LogP contribution in [0.15, 0.2) is 66.7 Å². The molecule has 9 heteroatoms. The van der Waals surface area contributed by atoms with E-state index in [2.05, 4.69) is 0 Å². The Balaban J connectivity index is 1.50. The zero-order chi connectivity index (χ0) is 25.9. The number of hydrogen-bond donors (Lipinski definition) is 1. The van der Waals surface area contributed by atoms with Crippen LogP contribution < -0.4 is 4.74 Å². The molecule has 1 aliphatic rings. The highest BCUT2D eigenvalue weighted by molar-refractivity contribution is 5.72. The van der Waals surface area contributed by atoms with E-state index in [1.54, 1.807) is 12.1 Å². The van der Waals surface area contributed by atoms with Crippen LogP contribution in [0, 0.1) is 0 Å². The van der Waals surface area contributed by atoms with Gasteiger partial charge < -0.3 is 14.6 Å². The van der Waals surface area contributed by atoms with Gasteiger partial charge in [0.05, 0.1) is 18.5 Å². The van der Waals surface area contributed by atoms with Crippen LogP contribution in [-0.2, 0) is 35.3 Å². The van der Waals surface area contributed by atoms with Gasteiger partial charge in [0.2, 0.25) is 6.73 Å². The van der Waals surface area contributed by atoms with Crippen molar-refractivity contribution >= 4 is 12.1 Å². The van der Waals surface area contributed by atoms with Crippen molar-refractivity contribution in [3.05, 3.63) is 89.0 Å². The first-order chi connectivity index (χ1) is 17.1. The number of carboxylic acid groups (broad SMARTS) is 1. The second-order valence-corrected chi connectivity index (χ2v) is 8.74. The fraction of sp³-hybridized carbons (Fsp3) is 0.259. The highest BCUT2D eigenvalue weighted by Crippen LogP contribution is 2.34. The summed E-state index contributed by atoms with van der Waals surface area (Å²) in [4.78, 5) is 24.2. The van der Waals surface area contributed by atoms with Crippen LogP contribution in [0.2, 0.25) is 0 Å². The zero-order valence-corrected chi connectivity index (χ0v) is 19.5. The van der Waals surface area contributed by atoms with Gasteiger partial charge in [-0.15, -0.1) is 0 Å². The van der Waals surface area contributed by atoms with E-state index in [1.165, 1.54) is 12.1 Å². The molecule has 1 atom stereocenters. The Morgan fingerprint density at radius 2 is 1.72 bits per heavy atom. The van der Waals surface area contributed by atoms with Crippen molar-refractivity contribution < 1.29 is 41.8 Å². The van der Waals surface area contributed by atoms with Gasteiger partial charge in [0.25, 0.3) is 0 Å². The molecule has 0 bridgehead atoms. The summed E-state index contributed by atoms with van der Waals surface area (Å²) in [6, 6.07) is 17.4. The Bertz CT molecular complexity index is 1270. The Hall–Kier alpha value is -3.85. The van der Waals surface area contributed by atoms with Gasteiger partial charge in [-0.1, -0.05) is 42.5 Å². The predicted molar refractivity (Wildman–Crippen MR) is 125 cm³/mol. The molecular formula is C27H25F3NO5+. The number of halogens is 3. The summed E-state index contributed by atoms with van der Waals surface area (Å²) in [5, 5.41) is 9.08. The Kier molecular flexibility index (Phi) is 7.03. The molecule has 6 nitrogen and oxygen atoms in total. The lowest BCUT2D eigenvalue weighted by Gasteiger charge is -2.36. The van der Waals surface area contributed by atoms with Crippen molar-refractivity contribution in [2.45, 2.75) is 32.7 Å². The third kappa shape index (κ3) is 5.52. The number of rotatable bonds is 6. The van der Waals surface area contributed by atoms with Crippen LogP contribution in [0.3, 0.4) is 0 Å². The first-order valence-corrected chi connectivity index (χ1v) is 11.4. The zero-order valence-electron chi connectivity index (χ0n) is 19.5. The summed E-state index contributed by atoms with van der Waals surface area (Å²) in [5.41, 5.74) is 2.88. The quantitative estimate of drug-likeness (QED) is 0.419. The monoisotopic (exact) mass is 500 g/mol. The minimum absolute atomic E-state index is 0.0722. The first kappa shape index (κ1) is 25.2. The molecule has 1 aliphatic heterocycles. The number of quaternary nitrogens is 1. The summed E-state index contributed by atoms with van der Waals surface area (Å²) in [5.74, 6) is -0.260. The van der Waals surface area contributed by atoms with Crippen molar-refractivity contribution in [1.82, 2.24) is 0 Å². The molecule has 0 fully saturated rings. The number of ether oxygens (including phenoxy) is 2. The Morgan fingerprint density at radius 1 is 1.00 bits per heavy atom. The number of aliphatic carboxylic acids is 1. The number of fused-ring (bicyclic) bond motifs is 1. The van der Waals surface area contributed by atoms with Gasteiger partial charge in [0, 0.05) is 5.56 Å². The topological polar surface area (TPSA) is 72.8 Å². The van der Waals surface area contributed by atoms with Gasteiger partial charge in [0.1, 0.15) is 18.9 Å². The summed E-state index contributed by atoms with van der Waals surface area (Å²) in [7, 11) is 0. The van der Waals surface area contributed by atoms with Gasteiger partial charge in [0.15, 0.2) is 0 Å². The van der Waals surface area contributed by atoms with Crippen molar-refractivity contribution in [2.75, 3.05) is 13.3 Å². The molecule has 0 radical (unpaired) electrons. The molecule has 3 aromatic rings. The van der Waals surface area contributed by atoms with Crippen LogP contribution >= 0.6 is 0 Å². The van der Waals surface area contributed by atoms with Crippen molar-refractivity contribution in [3.8, 4) is 16.9 Å². The highest BCUT2D eigenvalue weighted by atomic mass is 19.4. The number of carbonyl (C=O) groups is 2. The molecule has 188 valence electrons. The SMILES string of the molecule is CC[N+]1(C(=O)OCc2ccc(C(F)(F)F)cc2)COc2ccc(-c3cccc(CC(=O)O)c3)cc2C1. The van der Waals surface area contributed by atoms with Gasteiger partial charge in [-0.25, -0.2) is 0 Å². The molecule has 1 heterocycles. The molecule has 4 rings (SSSR count). The number of carboxylic acids is 1. The fourth-order valence-electron chi connectivity index (χ4n) is 4.15. The van der Waals surface area contributed by atoms with Crippen molar-refractivity contribution in [3.63, 3.8) is 0 Å². The van der Waals surface area contributed by atoms with E-state index in [9.17, 15) is 22.8 Å². The molecule has 1 unspecified atom stereocenters. The van der Waals surface area contributed by atoms with E-state index in [0.29, 0.717) is 30.0 Å². The van der Waals surface area contributed by atoms with Crippen LogP contribution in [-0.4, -0.2) is 34.9 Å². The number of alkyl halides is 3. The predicted octanol–water partition coefficient (Wildman–Crippen LogP) is 6.02. The average Bonchev–Trinajstić information content (AvgIpc) is 2.86. The second-order valence-electron chi connectivity index (χ2n) is 8.74. The molecular weight excluding hydrogens is 475 g/mol. The molecule has 0 saturated carbocycles. The molecule has 36 heavy (non-hydrogen) atoms. The lowest BCUT2D eigenvalue weighted by atomic mass is 9.99. The summed E-state index contributed by atoms with van der Waals surface area (Å²) in [6.07, 6.45) is -5.04. The third-order valence-electron chi connectivity index (χ3n) is 6.25. The van der Waals surface area contributed by atoms with Gasteiger partial charge in [-0.05, 0) is 53.4 Å². The van der Waals surface area contributed by atoms with E-state index in [0.717, 1.165) is 28.8 Å². The van der Waals surface area contributed by atoms with Gasteiger partial charge in [-0.2, -0.15) is 22.4 Å². The number of nitrogens with zero attached hydrogens (tertiary/aromatic N) is 1. The number of benzene rings is 3. The maximum absolute atomic E-state index is 13.1. The minimum atomic E-state index is -4.43. The van der Waals surface area contributed by atoms with E-state index >= 15 is 0 Å². The van der Waals surface area contributed by atoms with E-state index in [-0.39, 0.29) is 24.2 Å². The van der Waals surface area contributed by atoms with Crippen LogP contribution in [0.4, 0.5) is 18.0 Å². The average molecular weight is 500 g/mol. The van der Waals surface area contributed by atoms with E-state index < -0.39 is 23.8 Å². The van der Waals surface area contributed by atoms with Crippen molar-refractivity contribution in [2.24, 2.45) is 0 Å². The largest absolute Gasteiger partial charge is 0.519 e. The second kappa shape index (κ2) is 10.0. The first-order valence-electron chi connectivity index (χ1n) is 11.4. The smallest absolute Gasteiger partial charge is 0.481 e. The van der Waals surface area contributed by atoms with Crippen LogP contribution in [0.5, 0.6) is 5.75 Å². The van der Waals surface area contributed by atoms with Gasteiger partial charge >= 0.3 is 18.2 Å². The highest BCUT2D eigenvalue weighted by Gasteiger charge is 2.42. The van der Waals surface area contributed by atoms with E-state index in [1.807, 2.05) is 37.3 Å². The Labute approximate surface area is 206 Å². The molecule has 1 amide bonds. The maximum Gasteiger partial charge on any atom is 0.519 e. The molecule has 0 spiro atoms. The summed E-state index contributed by atoms with van der Waals surface area (Å²) in [6.45, 7) is 2.47. The van der Waals surface area contributed by atoms with Crippen LogP contribution in [0.25, 0.3) is 11.1 Å². The number of amides is 1. The normalized spacial score (nSPS) is 17.1. The fourth-order valence-corrected chi connectivity index (χ4v) is 4.15. The molecule has 0 aliphatic carbocycles. The number of hydrogen-bond acceptors (Lipinski definition) is 4. The maximum atomic E-state index is 13.1. The lowest BCUT2D eigenvalue weighted by molar-refractivity contribution is -0.888. The minimum Gasteiger partial charge on any atom is -0.481 e. The summed E-state index contributed by atoms with van der Waals surface area (Å²) < 4.78 is 49.6. The molecule has 1 N–H and O–H groups in total. The van der Waals surface area contributed by atoms with Gasteiger partial charge in [-0.3, -0.25) is 4.79 Å². The number of carbonyl (C=O) groups excluding carboxylic acids is 1. The third-order valence-corrected chi connectivity index (χ3v) is 6.25. The standard InChI is InChI=1S/C27H24F3NO5/c1-2-31(26(34)35-16-18-6-9-23(10-7-18)27(28,29)30)15-22-14-21(8-11-24(22)36-17-31)20-5-3-4-19(12-20)13-25(32)33/h3-12,14H,2,13,15-17H2,1H3/p+1. The summed E-state index contributed by atoms with van der Waals surface area (Å²) >= 11 is 0. The van der Waals surface area contributed by atoms with Crippen LogP contribution in [0.1, 0.15) is 29.2 Å². The molecule has 3 aromatic carbocycles. The van der Waals surface area contributed by atoms with E-state index in [4.69, 9.17) is 14.6 Å². The van der Waals surface area contributed by atoms with Crippen molar-refractivity contribution in [1.29, 1.82) is 0 Å². The lowest BCUT2D eigenvalue weighted by Crippen LogP contribution is -2.56. The molecule has 0 saturated heterocycles. The Morgan fingerprint density at radius 3 is 2.39 bits per heavy atom.